The molecule has 8 rings (SSSR count). The molecule has 4 aromatic rings. The molecule has 2 aliphatic carbocycles. The third-order valence-electron chi connectivity index (χ3n) is 12.7. The third kappa shape index (κ3) is 9.53. The molecule has 0 bridgehead atoms. The highest BCUT2D eigenvalue weighted by atomic mass is 19.1. The number of aromatic nitrogens is 3. The van der Waals surface area contributed by atoms with Crippen molar-refractivity contribution in [1.29, 1.82) is 0 Å². The highest BCUT2D eigenvalue weighted by Crippen LogP contribution is 2.36. The molecule has 0 spiro atoms. The lowest BCUT2D eigenvalue weighted by Crippen LogP contribution is -2.47. The van der Waals surface area contributed by atoms with Gasteiger partial charge in [-0.05, 0) is 132 Å². The van der Waals surface area contributed by atoms with Gasteiger partial charge in [-0.3, -0.25) is 29.1 Å². The van der Waals surface area contributed by atoms with Gasteiger partial charge in [0.05, 0.1) is 6.20 Å². The fourth-order valence-electron chi connectivity index (χ4n) is 9.38. The van der Waals surface area contributed by atoms with E-state index in [4.69, 9.17) is 0 Å². The van der Waals surface area contributed by atoms with Gasteiger partial charge in [-0.15, -0.1) is 0 Å². The van der Waals surface area contributed by atoms with E-state index in [2.05, 4.69) is 36.1 Å². The Kier molecular flexibility index (Phi) is 12.1. The van der Waals surface area contributed by atoms with Gasteiger partial charge in [-0.2, -0.15) is 0 Å². The van der Waals surface area contributed by atoms with E-state index < -0.39 is 11.9 Å². The molecule has 12 nitrogen and oxygen atoms in total. The van der Waals surface area contributed by atoms with Crippen LogP contribution in [0.15, 0.2) is 71.8 Å². The fourth-order valence-corrected chi connectivity index (χ4v) is 9.38. The molecule has 4 N–H and O–H groups in total. The number of pyridine rings is 1. The minimum absolute atomic E-state index is 0.00936. The largest absolute Gasteiger partial charge is 0.374 e. The molecule has 2 saturated carbocycles. The van der Waals surface area contributed by atoms with Crippen molar-refractivity contribution in [1.82, 2.24) is 30.1 Å². The molecular weight excluding hydrogens is 755 g/mol. The van der Waals surface area contributed by atoms with Crippen LogP contribution < -0.4 is 26.8 Å². The number of hydrogen-bond donors (Lipinski definition) is 4. The molecule has 2 aliphatic heterocycles. The quantitative estimate of drug-likeness (QED) is 0.134. The van der Waals surface area contributed by atoms with Crippen molar-refractivity contribution in [3.8, 4) is 16.9 Å². The Balaban J connectivity index is 0.763. The second-order valence-corrected chi connectivity index (χ2v) is 16.8. The molecule has 59 heavy (non-hydrogen) atoms. The summed E-state index contributed by atoms with van der Waals surface area (Å²) in [5.74, 6) is -0.853. The average Bonchev–Trinajstić information content (AvgIpc) is 3.24. The van der Waals surface area contributed by atoms with Gasteiger partial charge < -0.3 is 20.9 Å². The number of imide groups is 1. The van der Waals surface area contributed by atoms with Gasteiger partial charge in [0, 0.05) is 59.7 Å². The van der Waals surface area contributed by atoms with Gasteiger partial charge in [0.1, 0.15) is 17.6 Å². The minimum Gasteiger partial charge on any atom is -0.374 e. The summed E-state index contributed by atoms with van der Waals surface area (Å²) in [4.78, 5) is 60.7. The summed E-state index contributed by atoms with van der Waals surface area (Å²) < 4.78 is 31.8. The predicted octanol–water partition coefficient (Wildman–Crippen LogP) is 6.38. The number of likely N-dealkylation sites (tertiary alicyclic amines) is 1. The van der Waals surface area contributed by atoms with Crippen LogP contribution in [0, 0.1) is 24.5 Å². The van der Waals surface area contributed by atoms with Crippen LogP contribution >= 0.6 is 0 Å². The highest BCUT2D eigenvalue weighted by Gasteiger charge is 2.34. The second kappa shape index (κ2) is 17.8. The van der Waals surface area contributed by atoms with E-state index >= 15 is 8.78 Å². The van der Waals surface area contributed by atoms with Crippen LogP contribution in [0.4, 0.5) is 20.4 Å². The summed E-state index contributed by atoms with van der Waals surface area (Å²) in [7, 11) is 0. The number of carbonyl (C=O) groups excluding carboxylic acids is 3. The maximum Gasteiger partial charge on any atom is 0.255 e. The van der Waals surface area contributed by atoms with Crippen LogP contribution in [0.5, 0.6) is 0 Å². The number of nitrogens with one attached hydrogen (secondary N) is 4. The number of halogens is 2. The van der Waals surface area contributed by atoms with Gasteiger partial charge in [0.25, 0.3) is 5.56 Å². The molecule has 2 saturated heterocycles. The van der Waals surface area contributed by atoms with Crippen molar-refractivity contribution in [3.05, 3.63) is 100 Å². The molecule has 1 unspecified atom stereocenters. The number of rotatable bonds is 10. The highest BCUT2D eigenvalue weighted by molar-refractivity contribution is 6.01. The summed E-state index contributed by atoms with van der Waals surface area (Å²) in [6.45, 7) is 3.70. The van der Waals surface area contributed by atoms with Crippen LogP contribution in [0.25, 0.3) is 16.9 Å². The maximum atomic E-state index is 15.3. The van der Waals surface area contributed by atoms with E-state index in [-0.39, 0.29) is 65.1 Å². The Hall–Kier alpha value is -5.50. The first kappa shape index (κ1) is 40.3. The Morgan fingerprint density at radius 2 is 1.58 bits per heavy atom. The van der Waals surface area contributed by atoms with E-state index in [1.807, 2.05) is 19.1 Å². The van der Waals surface area contributed by atoms with Gasteiger partial charge >= 0.3 is 0 Å². The Labute approximate surface area is 342 Å². The van der Waals surface area contributed by atoms with Crippen molar-refractivity contribution in [2.24, 2.45) is 5.92 Å². The standard InChI is InChI=1S/C45H52F2N8O4/c1-27-5-18-41(57)55(26-27)35-4-2-3-30(23-35)42-38(47)25-48-45(53-42)51-32-10-8-31(9-11-32)50-43(58)29-6-13-34(14-7-29)54-21-19-28(20-22-54)36-15-12-33(24-37(36)46)49-39-16-17-40(56)52-44(39)59/h2-5,12,15,18,23-26,28-29,31-32,34,39,49H,6-11,13-14,16-17,19-22H2,1H3,(H,50,58)(H,48,51,53)(H,52,56,59)/t29-,31?,32?,34-,39?. The van der Waals surface area contributed by atoms with E-state index in [1.165, 1.54) is 22.9 Å². The van der Waals surface area contributed by atoms with E-state index in [1.54, 1.807) is 36.5 Å². The number of piperidine rings is 2. The molecule has 3 amide bonds. The van der Waals surface area contributed by atoms with Crippen LogP contribution in [0.3, 0.4) is 0 Å². The zero-order valence-electron chi connectivity index (χ0n) is 33.4. The summed E-state index contributed by atoms with van der Waals surface area (Å²) in [6.07, 6.45) is 12.3. The lowest BCUT2D eigenvalue weighted by Gasteiger charge is -2.41. The number of aryl methyl sites for hydroxylation is 1. The summed E-state index contributed by atoms with van der Waals surface area (Å²) >= 11 is 0. The molecule has 0 radical (unpaired) electrons. The number of carbonyl (C=O) groups is 3. The average molecular weight is 807 g/mol. The molecule has 1 atom stereocenters. The van der Waals surface area contributed by atoms with Gasteiger partial charge in [0.15, 0.2) is 5.82 Å². The van der Waals surface area contributed by atoms with Gasteiger partial charge in [0.2, 0.25) is 23.7 Å². The lowest BCUT2D eigenvalue weighted by molar-refractivity contribution is -0.133. The lowest BCUT2D eigenvalue weighted by atomic mass is 9.82. The minimum atomic E-state index is -0.551. The first-order chi connectivity index (χ1) is 28.6. The molecule has 2 aromatic heterocycles. The van der Waals surface area contributed by atoms with Gasteiger partial charge in [-0.25, -0.2) is 18.7 Å². The molecule has 14 heteroatoms. The number of nitrogens with zero attached hydrogens (tertiary/aromatic N) is 4. The van der Waals surface area contributed by atoms with E-state index in [0.29, 0.717) is 40.9 Å². The summed E-state index contributed by atoms with van der Waals surface area (Å²) in [5.41, 5.74) is 3.32. The molecule has 2 aromatic carbocycles. The monoisotopic (exact) mass is 806 g/mol. The number of hydrogen-bond acceptors (Lipinski definition) is 9. The van der Waals surface area contributed by atoms with Crippen LogP contribution in [-0.2, 0) is 14.4 Å². The number of anilines is 2. The number of amides is 3. The van der Waals surface area contributed by atoms with Crippen molar-refractivity contribution >= 4 is 29.4 Å². The predicted molar refractivity (Wildman–Crippen MR) is 221 cm³/mol. The van der Waals surface area contributed by atoms with Crippen molar-refractivity contribution in [3.63, 3.8) is 0 Å². The molecule has 310 valence electrons. The van der Waals surface area contributed by atoms with E-state index in [9.17, 15) is 19.2 Å². The topological polar surface area (TPSA) is 150 Å². The molecule has 4 aliphatic rings. The summed E-state index contributed by atoms with van der Waals surface area (Å²) in [5, 5.41) is 12.1. The Morgan fingerprint density at radius 3 is 2.32 bits per heavy atom. The zero-order chi connectivity index (χ0) is 41.0. The Morgan fingerprint density at radius 1 is 0.814 bits per heavy atom. The molecule has 4 heterocycles. The molecule has 4 fully saturated rings. The smallest absolute Gasteiger partial charge is 0.255 e. The van der Waals surface area contributed by atoms with E-state index in [0.717, 1.165) is 82.9 Å². The SMILES string of the molecule is Cc1ccc(=O)n(-c2cccc(-c3nc(NC4CCC(NC(=O)[C@H]5CC[C@H](N6CCC(c7ccc(NC8CCC(=O)NC8=O)cc7F)CC6)CC5)CC4)ncc3F)c2)c1. The van der Waals surface area contributed by atoms with Crippen molar-refractivity contribution < 1.29 is 23.2 Å². The van der Waals surface area contributed by atoms with Crippen molar-refractivity contribution in [2.75, 3.05) is 23.7 Å². The summed E-state index contributed by atoms with van der Waals surface area (Å²) in [6, 6.07) is 15.6. The first-order valence-corrected chi connectivity index (χ1v) is 21.1. The fraction of sp³-hybridized carbons (Fsp3) is 0.467. The Bertz CT molecular complexity index is 2240. The van der Waals surface area contributed by atoms with Crippen molar-refractivity contribution in [2.45, 2.75) is 114 Å². The zero-order valence-corrected chi connectivity index (χ0v) is 33.4. The third-order valence-corrected chi connectivity index (χ3v) is 12.7. The van der Waals surface area contributed by atoms with Crippen LogP contribution in [0.2, 0.25) is 0 Å². The maximum absolute atomic E-state index is 15.3. The first-order valence-electron chi connectivity index (χ1n) is 21.1. The van der Waals surface area contributed by atoms with Crippen LogP contribution in [0.1, 0.15) is 94.1 Å². The van der Waals surface area contributed by atoms with Gasteiger partial charge in [-0.1, -0.05) is 24.3 Å². The van der Waals surface area contributed by atoms with Crippen LogP contribution in [-0.4, -0.2) is 74.4 Å². The second-order valence-electron chi connectivity index (χ2n) is 16.8. The molecular formula is C45H52F2N8O4. The number of benzene rings is 2. The normalized spacial score (nSPS) is 24.3.